The van der Waals surface area contributed by atoms with Crippen molar-refractivity contribution >= 4 is 64.4 Å². The Labute approximate surface area is 222 Å². The Bertz CT molecular complexity index is 1450. The monoisotopic (exact) mass is 537 g/mol. The third kappa shape index (κ3) is 5.99. The molecule has 10 heteroatoms. The fourth-order valence-corrected chi connectivity index (χ4v) is 3.86. The van der Waals surface area contributed by atoms with Crippen molar-refractivity contribution in [2.24, 2.45) is 0 Å². The number of imide groups is 2. The van der Waals surface area contributed by atoms with Gasteiger partial charge in [-0.25, -0.2) is 9.69 Å². The molecule has 0 radical (unpaired) electrons. The molecule has 37 heavy (non-hydrogen) atoms. The molecule has 2 N–H and O–H groups in total. The normalized spacial score (nSPS) is 14.5. The van der Waals surface area contributed by atoms with Gasteiger partial charge >= 0.3 is 6.03 Å². The first-order chi connectivity index (χ1) is 17.6. The summed E-state index contributed by atoms with van der Waals surface area (Å²) in [6.07, 6.45) is 1.26. The molecule has 3 aromatic rings. The number of ether oxygens (including phenoxy) is 1. The molecular formula is C27H21Cl2N3O5. The average molecular weight is 538 g/mol. The number of anilines is 2. The van der Waals surface area contributed by atoms with Crippen LogP contribution in [-0.4, -0.2) is 30.4 Å². The maximum Gasteiger partial charge on any atom is 0.335 e. The number of nitrogens with one attached hydrogen (secondary N) is 2. The van der Waals surface area contributed by atoms with Gasteiger partial charge in [-0.05, 0) is 68.0 Å². The van der Waals surface area contributed by atoms with E-state index in [1.165, 1.54) is 24.3 Å². The van der Waals surface area contributed by atoms with E-state index in [1.54, 1.807) is 37.3 Å². The number of hydrogen-bond acceptors (Lipinski definition) is 5. The van der Waals surface area contributed by atoms with Gasteiger partial charge in [0.05, 0.1) is 5.69 Å². The van der Waals surface area contributed by atoms with E-state index in [4.69, 9.17) is 27.9 Å². The van der Waals surface area contributed by atoms with Crippen molar-refractivity contribution in [1.29, 1.82) is 0 Å². The Balaban J connectivity index is 1.58. The van der Waals surface area contributed by atoms with Crippen molar-refractivity contribution in [3.8, 4) is 5.75 Å². The zero-order valence-electron chi connectivity index (χ0n) is 19.8. The highest BCUT2D eigenvalue weighted by Crippen LogP contribution is 2.29. The number of benzene rings is 3. The standard InChI is InChI=1S/C27H21Cl2N3O5/c1-15-3-7-19(8-4-15)30-24(33)14-37-23-10-6-18(28)11-17(23)12-21-25(34)31-27(36)32(26(21)35)20-9-5-16(2)22(29)13-20/h3-13H,14H2,1-2H3,(H,30,33)(H,31,34,36)/b21-12+. The lowest BCUT2D eigenvalue weighted by atomic mass is 10.1. The largest absolute Gasteiger partial charge is 0.483 e. The average Bonchev–Trinajstić information content (AvgIpc) is 2.84. The summed E-state index contributed by atoms with van der Waals surface area (Å²) >= 11 is 12.3. The Morgan fingerprint density at radius 2 is 1.73 bits per heavy atom. The molecule has 1 aliphatic rings. The van der Waals surface area contributed by atoms with Crippen molar-refractivity contribution in [2.45, 2.75) is 13.8 Å². The molecule has 5 amide bonds. The minimum atomic E-state index is -0.901. The van der Waals surface area contributed by atoms with Crippen molar-refractivity contribution in [3.05, 3.63) is 93.0 Å². The van der Waals surface area contributed by atoms with Crippen LogP contribution in [0.5, 0.6) is 5.75 Å². The molecule has 0 atom stereocenters. The third-order valence-electron chi connectivity index (χ3n) is 5.48. The summed E-state index contributed by atoms with van der Waals surface area (Å²) in [5.74, 6) is -1.93. The second-order valence-corrected chi connectivity index (χ2v) is 9.12. The Morgan fingerprint density at radius 1 is 1.00 bits per heavy atom. The predicted octanol–water partition coefficient (Wildman–Crippen LogP) is 5.29. The quantitative estimate of drug-likeness (QED) is 0.328. The number of amides is 5. The van der Waals surface area contributed by atoms with Gasteiger partial charge in [-0.1, -0.05) is 47.0 Å². The highest BCUT2D eigenvalue weighted by atomic mass is 35.5. The maximum atomic E-state index is 13.2. The number of carbonyl (C=O) groups excluding carboxylic acids is 4. The zero-order valence-corrected chi connectivity index (χ0v) is 21.3. The summed E-state index contributed by atoms with van der Waals surface area (Å²) in [5, 5.41) is 5.55. The smallest absolute Gasteiger partial charge is 0.335 e. The predicted molar refractivity (Wildman–Crippen MR) is 142 cm³/mol. The molecule has 8 nitrogen and oxygen atoms in total. The molecule has 1 heterocycles. The first-order valence-corrected chi connectivity index (χ1v) is 11.8. The van der Waals surface area contributed by atoms with Crippen LogP contribution in [0.2, 0.25) is 10.0 Å². The van der Waals surface area contributed by atoms with E-state index >= 15 is 0 Å². The van der Waals surface area contributed by atoms with Gasteiger partial charge in [0, 0.05) is 21.3 Å². The van der Waals surface area contributed by atoms with Gasteiger partial charge in [-0.2, -0.15) is 0 Å². The molecule has 0 saturated carbocycles. The van der Waals surface area contributed by atoms with Gasteiger partial charge < -0.3 is 10.1 Å². The molecule has 0 aromatic heterocycles. The maximum absolute atomic E-state index is 13.2. The summed E-state index contributed by atoms with van der Waals surface area (Å²) in [7, 11) is 0. The number of nitrogens with zero attached hydrogens (tertiary/aromatic N) is 1. The summed E-state index contributed by atoms with van der Waals surface area (Å²) in [6, 6.07) is 15.6. The van der Waals surface area contributed by atoms with Gasteiger partial charge in [0.15, 0.2) is 6.61 Å². The molecular weight excluding hydrogens is 517 g/mol. The minimum Gasteiger partial charge on any atom is -0.483 e. The first-order valence-electron chi connectivity index (χ1n) is 11.1. The number of barbiturate groups is 1. The number of urea groups is 1. The van der Waals surface area contributed by atoms with Crippen LogP contribution in [0.15, 0.2) is 66.2 Å². The fourth-order valence-electron chi connectivity index (χ4n) is 3.51. The van der Waals surface area contributed by atoms with Crippen LogP contribution >= 0.6 is 23.2 Å². The van der Waals surface area contributed by atoms with Crippen molar-refractivity contribution < 1.29 is 23.9 Å². The lowest BCUT2D eigenvalue weighted by Gasteiger charge is -2.26. The Kier molecular flexibility index (Phi) is 7.61. The van der Waals surface area contributed by atoms with Crippen LogP contribution in [0.1, 0.15) is 16.7 Å². The summed E-state index contributed by atoms with van der Waals surface area (Å²) in [6.45, 7) is 3.38. The second kappa shape index (κ2) is 10.9. The molecule has 1 saturated heterocycles. The summed E-state index contributed by atoms with van der Waals surface area (Å²) < 4.78 is 5.67. The van der Waals surface area contributed by atoms with E-state index in [2.05, 4.69) is 10.6 Å². The van der Waals surface area contributed by atoms with Gasteiger partial charge in [0.2, 0.25) is 0 Å². The van der Waals surface area contributed by atoms with Gasteiger partial charge in [-0.3, -0.25) is 19.7 Å². The number of hydrogen-bond donors (Lipinski definition) is 2. The van der Waals surface area contributed by atoms with Crippen LogP contribution in [-0.2, 0) is 14.4 Å². The van der Waals surface area contributed by atoms with Crippen LogP contribution in [0.25, 0.3) is 6.08 Å². The fraction of sp³-hybridized carbons (Fsp3) is 0.111. The molecule has 0 bridgehead atoms. The second-order valence-electron chi connectivity index (χ2n) is 8.28. The minimum absolute atomic E-state index is 0.201. The van der Waals surface area contributed by atoms with Crippen LogP contribution < -0.4 is 20.3 Å². The Hall–Kier alpha value is -4.14. The van der Waals surface area contributed by atoms with Crippen molar-refractivity contribution in [2.75, 3.05) is 16.8 Å². The van der Waals surface area contributed by atoms with Crippen molar-refractivity contribution in [3.63, 3.8) is 0 Å². The molecule has 0 spiro atoms. The van der Waals surface area contributed by atoms with Crippen molar-refractivity contribution in [1.82, 2.24) is 5.32 Å². The van der Waals surface area contributed by atoms with Crippen LogP contribution in [0.3, 0.4) is 0 Å². The molecule has 0 aliphatic carbocycles. The zero-order chi connectivity index (χ0) is 26.7. The van der Waals surface area contributed by atoms with Crippen LogP contribution in [0, 0.1) is 13.8 Å². The van der Waals surface area contributed by atoms with E-state index in [1.807, 2.05) is 19.1 Å². The lowest BCUT2D eigenvalue weighted by molar-refractivity contribution is -0.122. The van der Waals surface area contributed by atoms with Gasteiger partial charge in [0.25, 0.3) is 17.7 Å². The molecule has 1 aliphatic heterocycles. The molecule has 4 rings (SSSR count). The Morgan fingerprint density at radius 3 is 2.43 bits per heavy atom. The highest BCUT2D eigenvalue weighted by Gasteiger charge is 2.37. The van der Waals surface area contributed by atoms with E-state index in [-0.39, 0.29) is 29.2 Å². The lowest BCUT2D eigenvalue weighted by Crippen LogP contribution is -2.54. The van der Waals surface area contributed by atoms with Gasteiger partial charge in [-0.15, -0.1) is 0 Å². The van der Waals surface area contributed by atoms with E-state index < -0.39 is 23.8 Å². The molecule has 0 unspecified atom stereocenters. The SMILES string of the molecule is Cc1ccc(NC(=O)COc2ccc(Cl)cc2/C=C2\C(=O)NC(=O)N(c3ccc(C)c(Cl)c3)C2=O)cc1. The third-order valence-corrected chi connectivity index (χ3v) is 6.12. The summed E-state index contributed by atoms with van der Waals surface area (Å²) in [4.78, 5) is 51.5. The van der Waals surface area contributed by atoms with E-state index in [0.29, 0.717) is 15.7 Å². The first kappa shape index (κ1) is 25.9. The number of carbonyl (C=O) groups is 4. The van der Waals surface area contributed by atoms with Crippen LogP contribution in [0.4, 0.5) is 16.2 Å². The summed E-state index contributed by atoms with van der Waals surface area (Å²) in [5.41, 5.74) is 2.57. The molecule has 1 fully saturated rings. The topological polar surface area (TPSA) is 105 Å². The number of halogens is 2. The number of aryl methyl sites for hydroxylation is 2. The highest BCUT2D eigenvalue weighted by molar-refractivity contribution is 6.39. The molecule has 3 aromatic carbocycles. The van der Waals surface area contributed by atoms with E-state index in [9.17, 15) is 19.2 Å². The van der Waals surface area contributed by atoms with E-state index in [0.717, 1.165) is 16.0 Å². The molecule has 188 valence electrons. The number of rotatable bonds is 6. The van der Waals surface area contributed by atoms with Gasteiger partial charge in [0.1, 0.15) is 11.3 Å².